The number of nitrogens with one attached hydrogen (secondary N) is 2. The van der Waals surface area contributed by atoms with Gasteiger partial charge in [0.1, 0.15) is 5.82 Å². The Morgan fingerprint density at radius 1 is 1.29 bits per heavy atom. The lowest BCUT2D eigenvalue weighted by molar-refractivity contribution is 0.235. The second-order valence-corrected chi connectivity index (χ2v) is 8.05. The van der Waals surface area contributed by atoms with Crippen molar-refractivity contribution in [1.29, 1.82) is 0 Å². The third kappa shape index (κ3) is 4.08. The standard InChI is InChI=1S/C19H28N4O/c1-19(2,3)12-21-18(24)20-10-9-13-5-8-16-15(11-13)22-17(23(16)4)14-6-7-14/h5,8,11,14H,6-7,9-10,12H2,1-4H3,(H2,20,21,24). The van der Waals surface area contributed by atoms with Crippen molar-refractivity contribution in [2.45, 2.75) is 46.0 Å². The summed E-state index contributed by atoms with van der Waals surface area (Å²) in [5.74, 6) is 1.86. The Hall–Kier alpha value is -2.04. The number of urea groups is 1. The second kappa shape index (κ2) is 6.46. The molecule has 1 aromatic heterocycles. The van der Waals surface area contributed by atoms with Crippen LogP contribution in [0.1, 0.15) is 50.9 Å². The fourth-order valence-corrected chi connectivity index (χ4v) is 2.85. The van der Waals surface area contributed by atoms with Crippen LogP contribution in [0.4, 0.5) is 4.79 Å². The first-order valence-corrected chi connectivity index (χ1v) is 8.80. The SMILES string of the molecule is Cn1c(C2CC2)nc2cc(CCNC(=O)NCC(C)(C)C)ccc21. The number of aromatic nitrogens is 2. The molecule has 0 saturated heterocycles. The van der Waals surface area contributed by atoms with Gasteiger partial charge in [-0.05, 0) is 42.4 Å². The highest BCUT2D eigenvalue weighted by atomic mass is 16.2. The highest BCUT2D eigenvalue weighted by molar-refractivity contribution is 5.77. The zero-order valence-electron chi connectivity index (χ0n) is 15.1. The van der Waals surface area contributed by atoms with Crippen molar-refractivity contribution in [3.63, 3.8) is 0 Å². The zero-order valence-corrected chi connectivity index (χ0v) is 15.1. The van der Waals surface area contributed by atoms with E-state index in [1.54, 1.807) is 0 Å². The molecule has 3 rings (SSSR count). The van der Waals surface area contributed by atoms with Crippen LogP contribution in [0.5, 0.6) is 0 Å². The summed E-state index contributed by atoms with van der Waals surface area (Å²) in [6.45, 7) is 7.61. The number of carbonyl (C=O) groups is 1. The Morgan fingerprint density at radius 3 is 2.71 bits per heavy atom. The number of aryl methyl sites for hydroxylation is 1. The third-order valence-electron chi connectivity index (χ3n) is 4.40. The van der Waals surface area contributed by atoms with Crippen molar-refractivity contribution >= 4 is 17.1 Å². The van der Waals surface area contributed by atoms with E-state index in [9.17, 15) is 4.79 Å². The van der Waals surface area contributed by atoms with Gasteiger partial charge in [-0.3, -0.25) is 0 Å². The largest absolute Gasteiger partial charge is 0.338 e. The molecule has 2 amide bonds. The van der Waals surface area contributed by atoms with E-state index in [-0.39, 0.29) is 11.4 Å². The molecule has 1 fully saturated rings. The lowest BCUT2D eigenvalue weighted by atomic mass is 9.97. The fraction of sp³-hybridized carbons (Fsp3) is 0.579. The van der Waals surface area contributed by atoms with Gasteiger partial charge in [-0.15, -0.1) is 0 Å². The number of hydrogen-bond donors (Lipinski definition) is 2. The van der Waals surface area contributed by atoms with Gasteiger partial charge in [0.15, 0.2) is 0 Å². The fourth-order valence-electron chi connectivity index (χ4n) is 2.85. The van der Waals surface area contributed by atoms with Gasteiger partial charge in [0.05, 0.1) is 11.0 Å². The Kier molecular flexibility index (Phi) is 4.52. The molecular weight excluding hydrogens is 300 g/mol. The minimum absolute atomic E-state index is 0.0974. The van der Waals surface area contributed by atoms with E-state index >= 15 is 0 Å². The predicted octanol–water partition coefficient (Wildman–Crippen LogP) is 3.34. The van der Waals surface area contributed by atoms with E-state index in [1.807, 2.05) is 0 Å². The molecule has 0 radical (unpaired) electrons. The summed E-state index contributed by atoms with van der Waals surface area (Å²) < 4.78 is 2.22. The molecule has 0 bridgehead atoms. The van der Waals surface area contributed by atoms with Gasteiger partial charge in [-0.1, -0.05) is 26.8 Å². The van der Waals surface area contributed by atoms with E-state index in [1.165, 1.54) is 29.7 Å². The van der Waals surface area contributed by atoms with Gasteiger partial charge >= 0.3 is 6.03 Å². The summed E-state index contributed by atoms with van der Waals surface area (Å²) in [4.78, 5) is 16.6. The van der Waals surface area contributed by atoms with Gasteiger partial charge in [0, 0.05) is 26.1 Å². The summed E-state index contributed by atoms with van der Waals surface area (Å²) in [6.07, 6.45) is 3.34. The molecule has 0 unspecified atom stereocenters. The number of imidazole rings is 1. The highest BCUT2D eigenvalue weighted by Gasteiger charge is 2.28. The van der Waals surface area contributed by atoms with Crippen molar-refractivity contribution < 1.29 is 4.79 Å². The number of amides is 2. The summed E-state index contributed by atoms with van der Waals surface area (Å²) >= 11 is 0. The van der Waals surface area contributed by atoms with Gasteiger partial charge in [-0.25, -0.2) is 9.78 Å². The van der Waals surface area contributed by atoms with Crippen LogP contribution < -0.4 is 10.6 Å². The summed E-state index contributed by atoms with van der Waals surface area (Å²) in [6, 6.07) is 6.33. The molecule has 0 spiro atoms. The lowest BCUT2D eigenvalue weighted by Crippen LogP contribution is -2.40. The smallest absolute Gasteiger partial charge is 0.314 e. The molecule has 5 heteroatoms. The molecule has 130 valence electrons. The number of hydrogen-bond acceptors (Lipinski definition) is 2. The van der Waals surface area contributed by atoms with Crippen LogP contribution in [0, 0.1) is 5.41 Å². The molecular formula is C19H28N4O. The first kappa shape index (κ1) is 16.8. The van der Waals surface area contributed by atoms with Crippen LogP contribution in [0.15, 0.2) is 18.2 Å². The first-order valence-electron chi connectivity index (χ1n) is 8.80. The summed E-state index contributed by atoms with van der Waals surface area (Å²) in [5.41, 5.74) is 3.56. The van der Waals surface area contributed by atoms with Crippen LogP contribution in [0.3, 0.4) is 0 Å². The van der Waals surface area contributed by atoms with E-state index in [0.29, 0.717) is 19.0 Å². The van der Waals surface area contributed by atoms with Crippen molar-refractivity contribution in [1.82, 2.24) is 20.2 Å². The summed E-state index contributed by atoms with van der Waals surface area (Å²) in [5, 5.41) is 5.82. The predicted molar refractivity (Wildman–Crippen MR) is 97.2 cm³/mol. The number of rotatable bonds is 5. The number of fused-ring (bicyclic) bond motifs is 1. The van der Waals surface area contributed by atoms with Crippen molar-refractivity contribution in [3.05, 3.63) is 29.6 Å². The molecule has 2 N–H and O–H groups in total. The molecule has 1 heterocycles. The molecule has 5 nitrogen and oxygen atoms in total. The van der Waals surface area contributed by atoms with Crippen LogP contribution in [0.2, 0.25) is 0 Å². The first-order chi connectivity index (χ1) is 11.3. The second-order valence-electron chi connectivity index (χ2n) is 8.05. The zero-order chi connectivity index (χ0) is 17.3. The topological polar surface area (TPSA) is 59.0 Å². The summed E-state index contributed by atoms with van der Waals surface area (Å²) in [7, 11) is 2.10. The molecule has 2 aromatic rings. The van der Waals surface area contributed by atoms with E-state index in [2.05, 4.69) is 61.2 Å². The molecule has 0 aliphatic heterocycles. The lowest BCUT2D eigenvalue weighted by Gasteiger charge is -2.18. The Morgan fingerprint density at radius 2 is 2.04 bits per heavy atom. The van der Waals surface area contributed by atoms with Crippen LogP contribution in [-0.4, -0.2) is 28.7 Å². The Labute approximate surface area is 143 Å². The molecule has 24 heavy (non-hydrogen) atoms. The molecule has 1 aliphatic rings. The average Bonchev–Trinajstić information content (AvgIpc) is 3.30. The Balaban J connectivity index is 1.55. The van der Waals surface area contributed by atoms with Crippen molar-refractivity contribution in [2.24, 2.45) is 12.5 Å². The minimum atomic E-state index is -0.0974. The van der Waals surface area contributed by atoms with Gasteiger partial charge < -0.3 is 15.2 Å². The number of benzene rings is 1. The maximum absolute atomic E-state index is 11.8. The van der Waals surface area contributed by atoms with E-state index in [4.69, 9.17) is 4.98 Å². The Bertz CT molecular complexity index is 738. The van der Waals surface area contributed by atoms with Crippen molar-refractivity contribution in [3.8, 4) is 0 Å². The van der Waals surface area contributed by atoms with Crippen LogP contribution in [-0.2, 0) is 13.5 Å². The minimum Gasteiger partial charge on any atom is -0.338 e. The normalized spacial score (nSPS) is 14.8. The van der Waals surface area contributed by atoms with Crippen LogP contribution >= 0.6 is 0 Å². The highest BCUT2D eigenvalue weighted by Crippen LogP contribution is 2.40. The molecule has 1 saturated carbocycles. The number of carbonyl (C=O) groups excluding carboxylic acids is 1. The van der Waals surface area contributed by atoms with Crippen LogP contribution in [0.25, 0.3) is 11.0 Å². The van der Waals surface area contributed by atoms with Gasteiger partial charge in [0.2, 0.25) is 0 Å². The molecule has 0 atom stereocenters. The molecule has 1 aliphatic carbocycles. The molecule has 1 aromatic carbocycles. The quantitative estimate of drug-likeness (QED) is 0.884. The average molecular weight is 328 g/mol. The number of nitrogens with zero attached hydrogens (tertiary/aromatic N) is 2. The maximum Gasteiger partial charge on any atom is 0.314 e. The van der Waals surface area contributed by atoms with Crippen molar-refractivity contribution in [2.75, 3.05) is 13.1 Å². The van der Waals surface area contributed by atoms with Gasteiger partial charge in [0.25, 0.3) is 0 Å². The van der Waals surface area contributed by atoms with E-state index in [0.717, 1.165) is 11.9 Å². The van der Waals surface area contributed by atoms with E-state index < -0.39 is 0 Å². The monoisotopic (exact) mass is 328 g/mol. The third-order valence-corrected chi connectivity index (χ3v) is 4.40. The van der Waals surface area contributed by atoms with Gasteiger partial charge in [-0.2, -0.15) is 0 Å². The maximum atomic E-state index is 11.8.